The van der Waals surface area contributed by atoms with Gasteiger partial charge in [-0.2, -0.15) is 0 Å². The second kappa shape index (κ2) is 4.37. The van der Waals surface area contributed by atoms with E-state index < -0.39 is 0 Å². The van der Waals surface area contributed by atoms with Gasteiger partial charge in [-0.25, -0.2) is 9.66 Å². The van der Waals surface area contributed by atoms with Crippen LogP contribution in [-0.2, 0) is 6.42 Å². The molecule has 2 aromatic rings. The summed E-state index contributed by atoms with van der Waals surface area (Å²) in [6, 6.07) is 9.85. The predicted molar refractivity (Wildman–Crippen MR) is 75.4 cm³/mol. The summed E-state index contributed by atoms with van der Waals surface area (Å²) in [5, 5.41) is 0. The van der Waals surface area contributed by atoms with Crippen molar-refractivity contribution in [2.45, 2.75) is 27.2 Å². The topological polar surface area (TPSA) is 69.9 Å². The van der Waals surface area contributed by atoms with E-state index in [0.29, 0.717) is 11.6 Å². The fourth-order valence-corrected chi connectivity index (χ4v) is 1.92. The van der Waals surface area contributed by atoms with Crippen LogP contribution in [0, 0.1) is 5.41 Å². The van der Waals surface area contributed by atoms with Gasteiger partial charge < -0.3 is 11.6 Å². The van der Waals surface area contributed by atoms with Crippen molar-refractivity contribution in [3.63, 3.8) is 0 Å². The van der Waals surface area contributed by atoms with Gasteiger partial charge in [0.1, 0.15) is 5.82 Å². The molecule has 0 unspecified atom stereocenters. The van der Waals surface area contributed by atoms with E-state index in [1.807, 2.05) is 30.3 Å². The van der Waals surface area contributed by atoms with Gasteiger partial charge in [-0.05, 0) is 11.8 Å². The van der Waals surface area contributed by atoms with Gasteiger partial charge in [0, 0.05) is 5.56 Å². The smallest absolute Gasteiger partial charge is 0.160 e. The van der Waals surface area contributed by atoms with E-state index in [1.54, 1.807) is 0 Å². The Morgan fingerprint density at radius 3 is 2.33 bits per heavy atom. The molecule has 0 radical (unpaired) electrons. The number of anilines is 1. The molecule has 0 aliphatic carbocycles. The number of benzene rings is 1. The number of aromatic nitrogens is 2. The number of imidazole rings is 1. The molecule has 0 aliphatic heterocycles. The van der Waals surface area contributed by atoms with E-state index >= 15 is 0 Å². The highest BCUT2D eigenvalue weighted by atomic mass is 15.4. The molecule has 0 saturated heterocycles. The Kier molecular flexibility index (Phi) is 3.03. The molecule has 96 valence electrons. The van der Waals surface area contributed by atoms with Gasteiger partial charge in [-0.1, -0.05) is 51.1 Å². The summed E-state index contributed by atoms with van der Waals surface area (Å²) in [6.07, 6.45) is 0.808. The third kappa shape index (κ3) is 2.47. The van der Waals surface area contributed by atoms with Crippen molar-refractivity contribution in [1.29, 1.82) is 0 Å². The molecule has 1 aromatic carbocycles. The van der Waals surface area contributed by atoms with Crippen LogP contribution in [0.3, 0.4) is 0 Å². The summed E-state index contributed by atoms with van der Waals surface area (Å²) < 4.78 is 1.47. The molecule has 4 heteroatoms. The third-order valence-electron chi connectivity index (χ3n) is 2.75. The highest BCUT2D eigenvalue weighted by Gasteiger charge is 2.19. The van der Waals surface area contributed by atoms with Gasteiger partial charge >= 0.3 is 0 Å². The van der Waals surface area contributed by atoms with Crippen LogP contribution < -0.4 is 11.6 Å². The average molecular weight is 244 g/mol. The summed E-state index contributed by atoms with van der Waals surface area (Å²) in [7, 11) is 0. The van der Waals surface area contributed by atoms with Gasteiger partial charge in [-0.3, -0.25) is 0 Å². The van der Waals surface area contributed by atoms with E-state index in [2.05, 4.69) is 25.8 Å². The Bertz CT molecular complexity index is 535. The van der Waals surface area contributed by atoms with Gasteiger partial charge in [0.2, 0.25) is 0 Å². The van der Waals surface area contributed by atoms with E-state index in [9.17, 15) is 0 Å². The maximum Gasteiger partial charge on any atom is 0.160 e. The average Bonchev–Trinajstić information content (AvgIpc) is 2.57. The Balaban J connectivity index is 2.43. The van der Waals surface area contributed by atoms with Crippen LogP contribution in [0.2, 0.25) is 0 Å². The summed E-state index contributed by atoms with van der Waals surface area (Å²) in [6.45, 7) is 6.47. The summed E-state index contributed by atoms with van der Waals surface area (Å²) in [4.78, 5) is 4.58. The first-order valence-corrected chi connectivity index (χ1v) is 6.06. The molecule has 1 heterocycles. The molecule has 0 fully saturated rings. The van der Waals surface area contributed by atoms with Crippen LogP contribution in [0.15, 0.2) is 30.3 Å². The second-order valence-corrected chi connectivity index (χ2v) is 5.74. The normalized spacial score (nSPS) is 11.7. The minimum absolute atomic E-state index is 0.135. The van der Waals surface area contributed by atoms with E-state index in [0.717, 1.165) is 17.7 Å². The second-order valence-electron chi connectivity index (χ2n) is 5.74. The highest BCUT2D eigenvalue weighted by Crippen LogP contribution is 2.27. The fourth-order valence-electron chi connectivity index (χ4n) is 1.92. The van der Waals surface area contributed by atoms with Crippen molar-refractivity contribution < 1.29 is 0 Å². The molecule has 0 aliphatic rings. The maximum absolute atomic E-state index is 6.02. The zero-order valence-corrected chi connectivity index (χ0v) is 11.1. The Morgan fingerprint density at radius 2 is 1.78 bits per heavy atom. The van der Waals surface area contributed by atoms with Crippen molar-refractivity contribution in [3.8, 4) is 11.4 Å². The predicted octanol–water partition coefficient (Wildman–Crippen LogP) is 2.43. The number of hydrogen-bond acceptors (Lipinski definition) is 3. The van der Waals surface area contributed by atoms with Gasteiger partial charge in [0.25, 0.3) is 0 Å². The lowest BCUT2D eigenvalue weighted by Crippen LogP contribution is -2.15. The molecule has 4 N–H and O–H groups in total. The van der Waals surface area contributed by atoms with Crippen LogP contribution in [-0.4, -0.2) is 9.66 Å². The highest BCUT2D eigenvalue weighted by molar-refractivity contribution is 5.60. The molecule has 0 saturated carbocycles. The fraction of sp³-hybridized carbons (Fsp3) is 0.357. The lowest BCUT2D eigenvalue weighted by atomic mass is 9.90. The summed E-state index contributed by atoms with van der Waals surface area (Å²) in [5.74, 6) is 7.24. The van der Waals surface area contributed by atoms with E-state index in [1.165, 1.54) is 4.68 Å². The zero-order valence-electron chi connectivity index (χ0n) is 11.1. The molecule has 0 atom stereocenters. The molecule has 4 nitrogen and oxygen atoms in total. The third-order valence-corrected chi connectivity index (χ3v) is 2.75. The van der Waals surface area contributed by atoms with Crippen molar-refractivity contribution in [3.05, 3.63) is 36.0 Å². The van der Waals surface area contributed by atoms with Crippen LogP contribution in [0.5, 0.6) is 0 Å². The number of nitrogens with two attached hydrogens (primary N) is 2. The number of rotatable bonds is 2. The molecule has 0 spiro atoms. The lowest BCUT2D eigenvalue weighted by molar-refractivity contribution is 0.407. The Labute approximate surface area is 108 Å². The molecular formula is C14H20N4. The number of nitrogens with zero attached hydrogens (tertiary/aromatic N) is 2. The zero-order chi connectivity index (χ0) is 13.3. The van der Waals surface area contributed by atoms with Crippen molar-refractivity contribution in [2.24, 2.45) is 5.41 Å². The quantitative estimate of drug-likeness (QED) is 0.797. The largest absolute Gasteiger partial charge is 0.382 e. The van der Waals surface area contributed by atoms with Crippen molar-refractivity contribution in [2.75, 3.05) is 11.6 Å². The first-order valence-electron chi connectivity index (χ1n) is 6.06. The van der Waals surface area contributed by atoms with Crippen LogP contribution in [0.25, 0.3) is 11.4 Å². The molecular weight excluding hydrogens is 224 g/mol. The standard InChI is InChI=1S/C14H20N4/c1-14(2,3)9-11-12(15)18(16)13(17-11)10-7-5-4-6-8-10/h4-8H,9,15-16H2,1-3H3. The minimum Gasteiger partial charge on any atom is -0.382 e. The summed E-state index contributed by atoms with van der Waals surface area (Å²) >= 11 is 0. The lowest BCUT2D eigenvalue weighted by Gasteiger charge is -2.16. The number of hydrogen-bond donors (Lipinski definition) is 2. The van der Waals surface area contributed by atoms with Gasteiger partial charge in [0.05, 0.1) is 5.69 Å². The monoisotopic (exact) mass is 244 g/mol. The van der Waals surface area contributed by atoms with Gasteiger partial charge in [0.15, 0.2) is 5.82 Å². The minimum atomic E-state index is 0.135. The SMILES string of the molecule is CC(C)(C)Cc1nc(-c2ccccc2)n(N)c1N. The molecule has 1 aromatic heterocycles. The molecule has 0 bridgehead atoms. The van der Waals surface area contributed by atoms with Crippen molar-refractivity contribution >= 4 is 5.82 Å². The van der Waals surface area contributed by atoms with E-state index in [-0.39, 0.29) is 5.41 Å². The van der Waals surface area contributed by atoms with Crippen LogP contribution >= 0.6 is 0 Å². The Hall–Kier alpha value is -1.97. The first kappa shape index (κ1) is 12.5. The van der Waals surface area contributed by atoms with Crippen LogP contribution in [0.1, 0.15) is 26.5 Å². The number of nitrogen functional groups attached to an aromatic ring is 2. The first-order chi connectivity index (χ1) is 8.38. The molecule has 18 heavy (non-hydrogen) atoms. The maximum atomic E-state index is 6.02. The molecule has 2 rings (SSSR count). The van der Waals surface area contributed by atoms with Crippen molar-refractivity contribution in [1.82, 2.24) is 9.66 Å². The Morgan fingerprint density at radius 1 is 1.17 bits per heavy atom. The summed E-state index contributed by atoms with van der Waals surface area (Å²) in [5.41, 5.74) is 8.00. The molecule has 0 amide bonds. The van der Waals surface area contributed by atoms with E-state index in [4.69, 9.17) is 11.6 Å². The van der Waals surface area contributed by atoms with Gasteiger partial charge in [-0.15, -0.1) is 0 Å². The van der Waals surface area contributed by atoms with Crippen LogP contribution in [0.4, 0.5) is 5.82 Å².